The van der Waals surface area contributed by atoms with Gasteiger partial charge in [0.1, 0.15) is 22.9 Å². The van der Waals surface area contributed by atoms with Crippen molar-refractivity contribution in [1.82, 2.24) is 15.0 Å². The van der Waals surface area contributed by atoms with Crippen LogP contribution >= 0.6 is 0 Å². The molecule has 0 bridgehead atoms. The summed E-state index contributed by atoms with van der Waals surface area (Å²) in [6.45, 7) is 2.83. The van der Waals surface area contributed by atoms with Gasteiger partial charge in [-0.05, 0) is 12.1 Å². The number of morpholine rings is 1. The Morgan fingerprint density at radius 2 is 1.93 bits per heavy atom. The van der Waals surface area contributed by atoms with Crippen LogP contribution < -0.4 is 19.7 Å². The third kappa shape index (κ3) is 3.61. The van der Waals surface area contributed by atoms with E-state index in [-0.39, 0.29) is 11.4 Å². The number of halogens is 1. The van der Waals surface area contributed by atoms with Gasteiger partial charge in [0.25, 0.3) is 0 Å². The number of hydrogen-bond donors (Lipinski definition) is 1. The number of benzene rings is 1. The molecule has 1 aliphatic heterocycles. The van der Waals surface area contributed by atoms with Crippen LogP contribution in [0.25, 0.3) is 11.2 Å². The Balaban J connectivity index is 1.66. The van der Waals surface area contributed by atoms with E-state index in [1.807, 2.05) is 0 Å². The zero-order valence-electron chi connectivity index (χ0n) is 15.6. The van der Waals surface area contributed by atoms with Crippen molar-refractivity contribution in [2.75, 3.05) is 50.7 Å². The fourth-order valence-corrected chi connectivity index (χ4v) is 2.97. The van der Waals surface area contributed by atoms with Gasteiger partial charge in [-0.3, -0.25) is 0 Å². The summed E-state index contributed by atoms with van der Waals surface area (Å²) in [6, 6.07) is 6.53. The topological polar surface area (TPSA) is 81.6 Å². The maximum atomic E-state index is 14.6. The van der Waals surface area contributed by atoms with Gasteiger partial charge < -0.3 is 24.4 Å². The SMILES string of the molecule is COc1cc(Nc2ccc3ncc(N4CCOCC4)nc3n2)c(F)c(OC)c1. The minimum absolute atomic E-state index is 0.0806. The Morgan fingerprint density at radius 1 is 1.11 bits per heavy atom. The van der Waals surface area contributed by atoms with E-state index in [4.69, 9.17) is 14.2 Å². The summed E-state index contributed by atoms with van der Waals surface area (Å²) in [5.41, 5.74) is 1.33. The molecule has 0 atom stereocenters. The molecule has 1 aliphatic rings. The number of aromatic nitrogens is 3. The quantitative estimate of drug-likeness (QED) is 0.718. The molecule has 0 aliphatic carbocycles. The van der Waals surface area contributed by atoms with Crippen LogP contribution in [0, 0.1) is 5.82 Å². The Bertz CT molecular complexity index is 995. The van der Waals surface area contributed by atoms with Crippen molar-refractivity contribution in [3.05, 3.63) is 36.3 Å². The summed E-state index contributed by atoms with van der Waals surface area (Å²) in [5, 5.41) is 2.97. The van der Waals surface area contributed by atoms with E-state index in [0.29, 0.717) is 35.9 Å². The van der Waals surface area contributed by atoms with Crippen molar-refractivity contribution in [3.63, 3.8) is 0 Å². The monoisotopic (exact) mass is 385 g/mol. The normalized spacial score (nSPS) is 14.2. The van der Waals surface area contributed by atoms with Crippen molar-refractivity contribution >= 4 is 28.5 Å². The molecule has 1 saturated heterocycles. The van der Waals surface area contributed by atoms with Crippen LogP contribution in [0.1, 0.15) is 0 Å². The smallest absolute Gasteiger partial charge is 0.188 e. The van der Waals surface area contributed by atoms with E-state index in [2.05, 4.69) is 25.2 Å². The number of rotatable bonds is 5. The van der Waals surface area contributed by atoms with Crippen molar-refractivity contribution in [2.45, 2.75) is 0 Å². The van der Waals surface area contributed by atoms with Gasteiger partial charge in [-0.25, -0.2) is 19.3 Å². The molecule has 1 fully saturated rings. The molecule has 146 valence electrons. The minimum Gasteiger partial charge on any atom is -0.497 e. The van der Waals surface area contributed by atoms with Gasteiger partial charge in [-0.1, -0.05) is 0 Å². The fraction of sp³-hybridized carbons (Fsp3) is 0.316. The van der Waals surface area contributed by atoms with Crippen molar-refractivity contribution in [2.24, 2.45) is 0 Å². The van der Waals surface area contributed by atoms with Crippen LogP contribution in [0.3, 0.4) is 0 Å². The maximum Gasteiger partial charge on any atom is 0.188 e. The molecule has 28 heavy (non-hydrogen) atoms. The number of ether oxygens (including phenoxy) is 3. The number of fused-ring (bicyclic) bond motifs is 1. The summed E-state index contributed by atoms with van der Waals surface area (Å²) in [5.74, 6) is 1.20. The van der Waals surface area contributed by atoms with Crippen LogP contribution in [-0.2, 0) is 4.74 Å². The molecule has 0 saturated carbocycles. The van der Waals surface area contributed by atoms with E-state index >= 15 is 0 Å². The highest BCUT2D eigenvalue weighted by Gasteiger charge is 2.15. The molecule has 2 aromatic heterocycles. The summed E-state index contributed by atoms with van der Waals surface area (Å²) in [7, 11) is 2.91. The number of nitrogens with zero attached hydrogens (tertiary/aromatic N) is 4. The molecule has 3 aromatic rings. The number of pyridine rings is 1. The second-order valence-corrected chi connectivity index (χ2v) is 6.18. The first-order valence-electron chi connectivity index (χ1n) is 8.83. The van der Waals surface area contributed by atoms with Crippen molar-refractivity contribution in [3.8, 4) is 11.5 Å². The zero-order valence-corrected chi connectivity index (χ0v) is 15.6. The van der Waals surface area contributed by atoms with Crippen LogP contribution in [-0.4, -0.2) is 55.5 Å². The Labute approximate surface area is 161 Å². The zero-order chi connectivity index (χ0) is 19.5. The summed E-state index contributed by atoms with van der Waals surface area (Å²) < 4.78 is 30.2. The molecule has 9 heteroatoms. The summed E-state index contributed by atoms with van der Waals surface area (Å²) in [6.07, 6.45) is 1.73. The van der Waals surface area contributed by atoms with E-state index in [1.165, 1.54) is 20.3 Å². The van der Waals surface area contributed by atoms with E-state index in [0.717, 1.165) is 18.9 Å². The van der Waals surface area contributed by atoms with Crippen LogP contribution in [0.4, 0.5) is 21.7 Å². The number of nitrogens with one attached hydrogen (secondary N) is 1. The lowest BCUT2D eigenvalue weighted by Crippen LogP contribution is -2.36. The molecule has 0 amide bonds. The third-order valence-electron chi connectivity index (χ3n) is 4.46. The van der Waals surface area contributed by atoms with Crippen molar-refractivity contribution in [1.29, 1.82) is 0 Å². The number of anilines is 3. The van der Waals surface area contributed by atoms with Gasteiger partial charge >= 0.3 is 0 Å². The molecular formula is C19H20FN5O3. The summed E-state index contributed by atoms with van der Waals surface area (Å²) >= 11 is 0. The predicted octanol–water partition coefficient (Wildman–Crippen LogP) is 2.76. The minimum atomic E-state index is -0.529. The highest BCUT2D eigenvalue weighted by molar-refractivity contribution is 5.75. The molecule has 4 rings (SSSR count). The average Bonchev–Trinajstić information content (AvgIpc) is 2.75. The third-order valence-corrected chi connectivity index (χ3v) is 4.46. The molecule has 0 spiro atoms. The Kier molecular flexibility index (Phi) is 5.07. The van der Waals surface area contributed by atoms with E-state index < -0.39 is 5.82 Å². The molecule has 1 aromatic carbocycles. The lowest BCUT2D eigenvalue weighted by Gasteiger charge is -2.27. The predicted molar refractivity (Wildman–Crippen MR) is 103 cm³/mol. The van der Waals surface area contributed by atoms with Gasteiger partial charge in [0.2, 0.25) is 0 Å². The second-order valence-electron chi connectivity index (χ2n) is 6.18. The van der Waals surface area contributed by atoms with Gasteiger partial charge in [-0.2, -0.15) is 0 Å². The highest BCUT2D eigenvalue weighted by Crippen LogP contribution is 2.32. The van der Waals surface area contributed by atoms with Gasteiger partial charge in [0.15, 0.2) is 17.2 Å². The molecule has 1 N–H and O–H groups in total. The second kappa shape index (κ2) is 7.81. The number of methoxy groups -OCH3 is 2. The van der Waals surface area contributed by atoms with Crippen LogP contribution in [0.5, 0.6) is 11.5 Å². The molecular weight excluding hydrogens is 365 g/mol. The first kappa shape index (κ1) is 18.2. The average molecular weight is 385 g/mol. The summed E-state index contributed by atoms with van der Waals surface area (Å²) in [4.78, 5) is 15.6. The first-order valence-corrected chi connectivity index (χ1v) is 8.83. The largest absolute Gasteiger partial charge is 0.497 e. The van der Waals surface area contributed by atoms with Gasteiger partial charge in [-0.15, -0.1) is 0 Å². The number of hydrogen-bond acceptors (Lipinski definition) is 8. The molecule has 0 unspecified atom stereocenters. The Hall–Kier alpha value is -3.20. The maximum absolute atomic E-state index is 14.6. The lowest BCUT2D eigenvalue weighted by atomic mass is 10.2. The fourth-order valence-electron chi connectivity index (χ4n) is 2.97. The van der Waals surface area contributed by atoms with Gasteiger partial charge in [0, 0.05) is 25.2 Å². The van der Waals surface area contributed by atoms with Crippen LogP contribution in [0.15, 0.2) is 30.5 Å². The molecule has 8 nitrogen and oxygen atoms in total. The van der Waals surface area contributed by atoms with E-state index in [9.17, 15) is 4.39 Å². The standard InChI is InChI=1S/C19H20FN5O3/c1-26-12-9-14(18(20)15(10-12)27-2)22-16-4-3-13-19(23-16)24-17(11-21-13)25-5-7-28-8-6-25/h3-4,9-11H,5-8H2,1-2H3,(H,22,23,24). The van der Waals surface area contributed by atoms with Crippen LogP contribution in [0.2, 0.25) is 0 Å². The van der Waals surface area contributed by atoms with Crippen molar-refractivity contribution < 1.29 is 18.6 Å². The highest BCUT2D eigenvalue weighted by atomic mass is 19.1. The first-order chi connectivity index (χ1) is 13.7. The molecule has 3 heterocycles. The van der Waals surface area contributed by atoms with Gasteiger partial charge in [0.05, 0.1) is 39.3 Å². The van der Waals surface area contributed by atoms with E-state index in [1.54, 1.807) is 24.4 Å². The molecule has 0 radical (unpaired) electrons. The lowest BCUT2D eigenvalue weighted by molar-refractivity contribution is 0.122. The Morgan fingerprint density at radius 3 is 2.68 bits per heavy atom.